The smallest absolute Gasteiger partial charge is 0.250 e. The fourth-order valence-electron chi connectivity index (χ4n) is 2.27. The zero-order chi connectivity index (χ0) is 20.5. The lowest BCUT2D eigenvalue weighted by atomic mass is 10.1. The van der Waals surface area contributed by atoms with E-state index in [0.29, 0.717) is 28.4 Å². The van der Waals surface area contributed by atoms with E-state index in [0.717, 1.165) is 11.3 Å². The summed E-state index contributed by atoms with van der Waals surface area (Å²) in [6.45, 7) is 3.59. The summed E-state index contributed by atoms with van der Waals surface area (Å²) in [5.41, 5.74) is 3.89. The van der Waals surface area contributed by atoms with Gasteiger partial charge in [-0.25, -0.2) is 5.43 Å². The summed E-state index contributed by atoms with van der Waals surface area (Å²) in [6, 6.07) is 11.9. The normalized spacial score (nSPS) is 11.2. The van der Waals surface area contributed by atoms with E-state index in [-0.39, 0.29) is 23.3 Å². The summed E-state index contributed by atoms with van der Waals surface area (Å²) >= 11 is 7.20. The van der Waals surface area contributed by atoms with Gasteiger partial charge in [0, 0.05) is 27.6 Å². The quantitative estimate of drug-likeness (QED) is 0.256. The zero-order valence-corrected chi connectivity index (χ0v) is 17.2. The highest BCUT2D eigenvalue weighted by Crippen LogP contribution is 2.23. The molecule has 0 aliphatic heterocycles. The van der Waals surface area contributed by atoms with Crippen LogP contribution in [0.15, 0.2) is 52.5 Å². The second-order valence-electron chi connectivity index (χ2n) is 6.00. The van der Waals surface area contributed by atoms with Gasteiger partial charge in [-0.1, -0.05) is 18.5 Å². The molecule has 3 N–H and O–H groups in total. The predicted molar refractivity (Wildman–Crippen MR) is 114 cm³/mol. The summed E-state index contributed by atoms with van der Waals surface area (Å²) in [4.78, 5) is 24.7. The van der Waals surface area contributed by atoms with E-state index in [4.69, 9.17) is 11.6 Å². The molecule has 0 bridgehead atoms. The molecule has 148 valence electrons. The Kier molecular flexibility index (Phi) is 8.35. The fraction of sp³-hybridized carbons (Fsp3) is 0.250. The summed E-state index contributed by atoms with van der Waals surface area (Å²) in [5, 5.41) is 17.5. The molecule has 0 fully saturated rings. The third-order valence-electron chi connectivity index (χ3n) is 3.68. The average Bonchev–Trinajstić information content (AvgIpc) is 2.67. The van der Waals surface area contributed by atoms with Gasteiger partial charge in [0.1, 0.15) is 5.75 Å². The van der Waals surface area contributed by atoms with Gasteiger partial charge in [0.2, 0.25) is 11.8 Å². The SMILES string of the molecule is CCCC(=O)Nc1ccc(O)c(/C(C)=N/NC(=O)CSc2ccc(Cl)cc2)c1. The summed E-state index contributed by atoms with van der Waals surface area (Å²) in [7, 11) is 0. The van der Waals surface area contributed by atoms with Crippen LogP contribution in [-0.4, -0.2) is 28.4 Å². The first kappa shape index (κ1) is 21.8. The van der Waals surface area contributed by atoms with Gasteiger partial charge in [-0.2, -0.15) is 5.10 Å². The van der Waals surface area contributed by atoms with Crippen molar-refractivity contribution in [2.24, 2.45) is 5.10 Å². The third kappa shape index (κ3) is 6.90. The number of hydrogen-bond acceptors (Lipinski definition) is 5. The minimum absolute atomic E-state index is 0.0135. The lowest BCUT2D eigenvalue weighted by molar-refractivity contribution is -0.118. The highest BCUT2D eigenvalue weighted by Gasteiger charge is 2.09. The molecular formula is C20H22ClN3O3S. The Bertz CT molecular complexity index is 869. The monoisotopic (exact) mass is 419 g/mol. The molecule has 0 aliphatic carbocycles. The minimum Gasteiger partial charge on any atom is -0.507 e. The van der Waals surface area contributed by atoms with Gasteiger partial charge < -0.3 is 10.4 Å². The van der Waals surface area contributed by atoms with Crippen molar-refractivity contribution in [3.05, 3.63) is 53.1 Å². The minimum atomic E-state index is -0.272. The molecular weight excluding hydrogens is 398 g/mol. The van der Waals surface area contributed by atoms with Gasteiger partial charge in [-0.05, 0) is 55.8 Å². The van der Waals surface area contributed by atoms with Crippen LogP contribution in [0.2, 0.25) is 5.02 Å². The molecule has 2 aromatic carbocycles. The highest BCUT2D eigenvalue weighted by molar-refractivity contribution is 8.00. The van der Waals surface area contributed by atoms with Gasteiger partial charge in [-0.15, -0.1) is 11.8 Å². The molecule has 2 aromatic rings. The number of carbonyl (C=O) groups is 2. The summed E-state index contributed by atoms with van der Waals surface area (Å²) in [5.74, 6) is -0.163. The van der Waals surface area contributed by atoms with Crippen molar-refractivity contribution in [3.63, 3.8) is 0 Å². The van der Waals surface area contributed by atoms with E-state index in [9.17, 15) is 14.7 Å². The number of thioether (sulfide) groups is 1. The van der Waals surface area contributed by atoms with Crippen molar-refractivity contribution in [1.82, 2.24) is 5.43 Å². The largest absolute Gasteiger partial charge is 0.507 e. The highest BCUT2D eigenvalue weighted by atomic mass is 35.5. The first-order valence-corrected chi connectivity index (χ1v) is 10.1. The maximum absolute atomic E-state index is 12.0. The second-order valence-corrected chi connectivity index (χ2v) is 7.49. The van der Waals surface area contributed by atoms with Gasteiger partial charge in [0.05, 0.1) is 11.5 Å². The van der Waals surface area contributed by atoms with Crippen molar-refractivity contribution in [3.8, 4) is 5.75 Å². The van der Waals surface area contributed by atoms with E-state index in [1.54, 1.807) is 31.2 Å². The number of aromatic hydroxyl groups is 1. The number of anilines is 1. The number of halogens is 1. The molecule has 0 saturated carbocycles. The number of carbonyl (C=O) groups excluding carboxylic acids is 2. The molecule has 0 heterocycles. The third-order valence-corrected chi connectivity index (χ3v) is 4.94. The molecule has 0 radical (unpaired) electrons. The molecule has 28 heavy (non-hydrogen) atoms. The van der Waals surface area contributed by atoms with Crippen molar-refractivity contribution in [2.45, 2.75) is 31.6 Å². The van der Waals surface area contributed by atoms with Crippen molar-refractivity contribution in [2.75, 3.05) is 11.1 Å². The van der Waals surface area contributed by atoms with Crippen LogP contribution in [0, 0.1) is 0 Å². The van der Waals surface area contributed by atoms with Crippen LogP contribution >= 0.6 is 23.4 Å². The van der Waals surface area contributed by atoms with E-state index in [1.165, 1.54) is 17.8 Å². The van der Waals surface area contributed by atoms with Crippen LogP contribution in [-0.2, 0) is 9.59 Å². The van der Waals surface area contributed by atoms with Crippen LogP contribution < -0.4 is 10.7 Å². The Hall–Kier alpha value is -2.51. The Labute approximate surface area is 173 Å². The van der Waals surface area contributed by atoms with Gasteiger partial charge in [-0.3, -0.25) is 9.59 Å². The van der Waals surface area contributed by atoms with Crippen LogP contribution in [0.3, 0.4) is 0 Å². The van der Waals surface area contributed by atoms with Crippen LogP contribution in [0.4, 0.5) is 5.69 Å². The van der Waals surface area contributed by atoms with Crippen LogP contribution in [0.5, 0.6) is 5.75 Å². The van der Waals surface area contributed by atoms with Gasteiger partial charge >= 0.3 is 0 Å². The number of rotatable bonds is 8. The molecule has 0 aromatic heterocycles. The molecule has 0 atom stereocenters. The zero-order valence-electron chi connectivity index (χ0n) is 15.7. The number of phenols is 1. The van der Waals surface area contributed by atoms with Gasteiger partial charge in [0.15, 0.2) is 0 Å². The number of hydrazone groups is 1. The van der Waals surface area contributed by atoms with Crippen molar-refractivity contribution in [1.29, 1.82) is 0 Å². The number of hydrogen-bond donors (Lipinski definition) is 3. The molecule has 0 spiro atoms. The molecule has 2 amide bonds. The first-order valence-electron chi connectivity index (χ1n) is 8.73. The number of benzene rings is 2. The fourth-order valence-corrected chi connectivity index (χ4v) is 3.09. The Morgan fingerprint density at radius 3 is 2.54 bits per heavy atom. The number of phenolic OH excluding ortho intramolecular Hbond substituents is 1. The maximum Gasteiger partial charge on any atom is 0.250 e. The molecule has 8 heteroatoms. The Morgan fingerprint density at radius 1 is 1.14 bits per heavy atom. The molecule has 2 rings (SSSR count). The molecule has 0 aliphatic rings. The second kappa shape index (κ2) is 10.7. The molecule has 6 nitrogen and oxygen atoms in total. The Balaban J connectivity index is 1.96. The standard InChI is InChI=1S/C20H22ClN3O3S/c1-3-4-19(26)22-15-7-10-18(25)17(11-15)13(2)23-24-20(27)12-28-16-8-5-14(21)6-9-16/h5-11,25H,3-4,12H2,1-2H3,(H,22,26)(H,24,27)/b23-13+. The van der Waals surface area contributed by atoms with E-state index in [2.05, 4.69) is 15.8 Å². The van der Waals surface area contributed by atoms with E-state index < -0.39 is 0 Å². The molecule has 0 unspecified atom stereocenters. The summed E-state index contributed by atoms with van der Waals surface area (Å²) in [6.07, 6.45) is 1.17. The van der Waals surface area contributed by atoms with Crippen molar-refractivity contribution < 1.29 is 14.7 Å². The van der Waals surface area contributed by atoms with Crippen LogP contribution in [0.25, 0.3) is 0 Å². The van der Waals surface area contributed by atoms with E-state index >= 15 is 0 Å². The topological polar surface area (TPSA) is 90.8 Å². The van der Waals surface area contributed by atoms with Crippen LogP contribution in [0.1, 0.15) is 32.3 Å². The number of nitrogens with one attached hydrogen (secondary N) is 2. The lowest BCUT2D eigenvalue weighted by Gasteiger charge is -2.09. The predicted octanol–water partition coefficient (Wildman–Crippen LogP) is 4.42. The summed E-state index contributed by atoms with van der Waals surface area (Å²) < 4.78 is 0. The van der Waals surface area contributed by atoms with Gasteiger partial charge in [0.25, 0.3) is 0 Å². The average molecular weight is 420 g/mol. The maximum atomic E-state index is 12.0. The molecule has 0 saturated heterocycles. The number of nitrogens with zero attached hydrogens (tertiary/aromatic N) is 1. The number of amides is 2. The van der Waals surface area contributed by atoms with E-state index in [1.807, 2.05) is 19.1 Å². The van der Waals surface area contributed by atoms with Crippen molar-refractivity contribution >= 4 is 46.6 Å². The Morgan fingerprint density at radius 2 is 1.86 bits per heavy atom. The first-order chi connectivity index (χ1) is 13.4. The lowest BCUT2D eigenvalue weighted by Crippen LogP contribution is -2.21.